The van der Waals surface area contributed by atoms with E-state index in [9.17, 15) is 0 Å². The van der Waals surface area contributed by atoms with Gasteiger partial charge in [-0.2, -0.15) is 0 Å². The zero-order chi connectivity index (χ0) is 12.1. The molecule has 0 aromatic carbocycles. The van der Waals surface area contributed by atoms with Gasteiger partial charge in [-0.3, -0.25) is 4.57 Å². The SMILES string of the molecule is CCCn1c(N2CCCCCCC2)n[nH]c1=S. The van der Waals surface area contributed by atoms with Gasteiger partial charge in [-0.15, -0.1) is 5.10 Å². The molecule has 0 aliphatic carbocycles. The molecule has 1 aliphatic heterocycles. The van der Waals surface area contributed by atoms with Crippen molar-refractivity contribution in [2.45, 2.75) is 52.0 Å². The summed E-state index contributed by atoms with van der Waals surface area (Å²) >= 11 is 5.29. The van der Waals surface area contributed by atoms with Gasteiger partial charge in [0, 0.05) is 19.6 Å². The lowest BCUT2D eigenvalue weighted by molar-refractivity contribution is 0.539. The first-order valence-electron chi connectivity index (χ1n) is 6.73. The third kappa shape index (κ3) is 3.09. The summed E-state index contributed by atoms with van der Waals surface area (Å²) < 4.78 is 2.89. The highest BCUT2D eigenvalue weighted by molar-refractivity contribution is 7.71. The van der Waals surface area contributed by atoms with Gasteiger partial charge >= 0.3 is 0 Å². The van der Waals surface area contributed by atoms with Crippen LogP contribution < -0.4 is 4.90 Å². The molecule has 1 aliphatic rings. The highest BCUT2D eigenvalue weighted by atomic mass is 32.1. The van der Waals surface area contributed by atoms with Crippen LogP contribution in [-0.2, 0) is 6.54 Å². The van der Waals surface area contributed by atoms with Crippen LogP contribution >= 0.6 is 12.2 Å². The number of aromatic amines is 1. The molecule has 1 aromatic heterocycles. The van der Waals surface area contributed by atoms with Crippen LogP contribution in [0.25, 0.3) is 0 Å². The van der Waals surface area contributed by atoms with E-state index in [4.69, 9.17) is 12.2 Å². The molecule has 0 radical (unpaired) electrons. The standard InChI is InChI=1S/C12H22N4S/c1-2-8-16-11(13-14-12(16)17)15-9-6-4-3-5-7-10-15/h2-10H2,1H3,(H,14,17). The summed E-state index contributed by atoms with van der Waals surface area (Å²) in [5.74, 6) is 1.04. The topological polar surface area (TPSA) is 36.9 Å². The quantitative estimate of drug-likeness (QED) is 0.842. The van der Waals surface area contributed by atoms with Crippen molar-refractivity contribution < 1.29 is 0 Å². The Kier molecular flexibility index (Phi) is 4.59. The molecule has 17 heavy (non-hydrogen) atoms. The average Bonchev–Trinajstić information content (AvgIpc) is 2.62. The Hall–Kier alpha value is -0.840. The fraction of sp³-hybridized carbons (Fsp3) is 0.833. The highest BCUT2D eigenvalue weighted by Crippen LogP contribution is 2.17. The first-order chi connectivity index (χ1) is 8.33. The summed E-state index contributed by atoms with van der Waals surface area (Å²) in [6.45, 7) is 5.36. The first-order valence-corrected chi connectivity index (χ1v) is 7.14. The van der Waals surface area contributed by atoms with E-state index in [0.717, 1.165) is 36.8 Å². The van der Waals surface area contributed by atoms with E-state index in [-0.39, 0.29) is 0 Å². The van der Waals surface area contributed by atoms with Crippen LogP contribution in [0.4, 0.5) is 5.95 Å². The number of rotatable bonds is 3. The van der Waals surface area contributed by atoms with Crippen molar-refractivity contribution in [2.24, 2.45) is 0 Å². The summed E-state index contributed by atoms with van der Waals surface area (Å²) in [4.78, 5) is 2.39. The van der Waals surface area contributed by atoms with E-state index in [1.807, 2.05) is 0 Å². The second-order valence-electron chi connectivity index (χ2n) is 4.74. The van der Waals surface area contributed by atoms with Crippen molar-refractivity contribution in [1.82, 2.24) is 14.8 Å². The first kappa shape index (κ1) is 12.6. The van der Waals surface area contributed by atoms with E-state index in [0.29, 0.717) is 0 Å². The third-order valence-electron chi connectivity index (χ3n) is 3.32. The maximum atomic E-state index is 5.29. The molecule has 5 heteroatoms. The van der Waals surface area contributed by atoms with Gasteiger partial charge in [0.15, 0.2) is 4.77 Å². The predicted molar refractivity (Wildman–Crippen MR) is 73.0 cm³/mol. The van der Waals surface area contributed by atoms with Crippen LogP contribution in [0.15, 0.2) is 0 Å². The van der Waals surface area contributed by atoms with Gasteiger partial charge in [-0.1, -0.05) is 26.2 Å². The summed E-state index contributed by atoms with van der Waals surface area (Å²) in [5.41, 5.74) is 0. The molecule has 1 fully saturated rings. The molecule has 1 N–H and O–H groups in total. The molecule has 0 bridgehead atoms. The van der Waals surface area contributed by atoms with Crippen LogP contribution in [0, 0.1) is 4.77 Å². The van der Waals surface area contributed by atoms with Crippen LogP contribution in [0.3, 0.4) is 0 Å². The number of aromatic nitrogens is 3. The van der Waals surface area contributed by atoms with Gasteiger partial charge in [0.2, 0.25) is 5.95 Å². The lowest BCUT2D eigenvalue weighted by Crippen LogP contribution is -2.29. The summed E-state index contributed by atoms with van der Waals surface area (Å²) in [5, 5.41) is 7.33. The van der Waals surface area contributed by atoms with Crippen molar-refractivity contribution in [3.05, 3.63) is 4.77 Å². The Labute approximate surface area is 108 Å². The van der Waals surface area contributed by atoms with Crippen molar-refractivity contribution >= 4 is 18.2 Å². The maximum Gasteiger partial charge on any atom is 0.225 e. The fourth-order valence-electron chi connectivity index (χ4n) is 2.42. The molecular formula is C12H22N4S. The molecule has 2 heterocycles. The second kappa shape index (κ2) is 6.19. The molecule has 96 valence electrons. The summed E-state index contributed by atoms with van der Waals surface area (Å²) in [6.07, 6.45) is 7.70. The van der Waals surface area contributed by atoms with Gasteiger partial charge in [-0.05, 0) is 31.5 Å². The number of anilines is 1. The third-order valence-corrected chi connectivity index (χ3v) is 3.64. The van der Waals surface area contributed by atoms with Crippen molar-refractivity contribution in [3.8, 4) is 0 Å². The Balaban J connectivity index is 2.16. The molecular weight excluding hydrogens is 232 g/mol. The number of nitrogens with one attached hydrogen (secondary N) is 1. The maximum absolute atomic E-state index is 5.29. The zero-order valence-electron chi connectivity index (χ0n) is 10.6. The van der Waals surface area contributed by atoms with E-state index in [1.165, 1.54) is 32.1 Å². The Bertz CT molecular complexity index is 387. The van der Waals surface area contributed by atoms with Gasteiger partial charge in [0.25, 0.3) is 0 Å². The van der Waals surface area contributed by atoms with E-state index in [2.05, 4.69) is 26.6 Å². The highest BCUT2D eigenvalue weighted by Gasteiger charge is 2.15. The number of hydrogen-bond acceptors (Lipinski definition) is 3. The number of H-pyrrole nitrogens is 1. The smallest absolute Gasteiger partial charge is 0.225 e. The summed E-state index contributed by atoms with van der Waals surface area (Å²) in [6, 6.07) is 0. The number of hydrogen-bond donors (Lipinski definition) is 1. The van der Waals surface area contributed by atoms with E-state index in [1.54, 1.807) is 0 Å². The summed E-state index contributed by atoms with van der Waals surface area (Å²) in [7, 11) is 0. The fourth-order valence-corrected chi connectivity index (χ4v) is 2.64. The normalized spacial score (nSPS) is 17.8. The van der Waals surface area contributed by atoms with E-state index < -0.39 is 0 Å². The minimum atomic E-state index is 0.754. The Morgan fingerprint density at radius 1 is 1.18 bits per heavy atom. The Morgan fingerprint density at radius 2 is 1.82 bits per heavy atom. The zero-order valence-corrected chi connectivity index (χ0v) is 11.4. The van der Waals surface area contributed by atoms with Crippen molar-refractivity contribution in [1.29, 1.82) is 0 Å². The number of nitrogens with zero attached hydrogens (tertiary/aromatic N) is 3. The average molecular weight is 254 g/mol. The molecule has 2 rings (SSSR count). The lowest BCUT2D eigenvalue weighted by Gasteiger charge is -2.25. The minimum Gasteiger partial charge on any atom is -0.341 e. The minimum absolute atomic E-state index is 0.754. The van der Waals surface area contributed by atoms with Crippen LogP contribution in [0.1, 0.15) is 45.4 Å². The largest absolute Gasteiger partial charge is 0.341 e. The monoisotopic (exact) mass is 254 g/mol. The molecule has 0 spiro atoms. The molecule has 0 saturated carbocycles. The predicted octanol–water partition coefficient (Wildman–Crippen LogP) is 3.12. The second-order valence-corrected chi connectivity index (χ2v) is 5.12. The lowest BCUT2D eigenvalue weighted by atomic mass is 10.1. The molecule has 0 unspecified atom stereocenters. The van der Waals surface area contributed by atoms with Crippen LogP contribution in [0.2, 0.25) is 0 Å². The molecule has 0 amide bonds. The van der Waals surface area contributed by atoms with Gasteiger partial charge in [-0.25, -0.2) is 5.10 Å². The molecule has 1 aromatic rings. The van der Waals surface area contributed by atoms with E-state index >= 15 is 0 Å². The Morgan fingerprint density at radius 3 is 2.47 bits per heavy atom. The van der Waals surface area contributed by atoms with Gasteiger partial charge in [0.05, 0.1) is 0 Å². The van der Waals surface area contributed by atoms with Crippen LogP contribution in [-0.4, -0.2) is 27.9 Å². The van der Waals surface area contributed by atoms with Gasteiger partial charge < -0.3 is 4.90 Å². The molecule has 0 atom stereocenters. The van der Waals surface area contributed by atoms with Crippen LogP contribution in [0.5, 0.6) is 0 Å². The van der Waals surface area contributed by atoms with Crippen molar-refractivity contribution in [2.75, 3.05) is 18.0 Å². The molecule has 4 nitrogen and oxygen atoms in total. The van der Waals surface area contributed by atoms with Gasteiger partial charge in [0.1, 0.15) is 0 Å². The van der Waals surface area contributed by atoms with Crippen molar-refractivity contribution in [3.63, 3.8) is 0 Å². The molecule has 1 saturated heterocycles.